The monoisotopic (exact) mass is 566 g/mol. The number of aliphatic hydroxyl groups is 1. The number of benzene rings is 3. The maximum Gasteiger partial charge on any atom is 0.200 e. The Hall–Kier alpha value is -3.86. The van der Waals surface area contributed by atoms with Gasteiger partial charge in [0.25, 0.3) is 0 Å². The average molecular weight is 567 g/mol. The lowest BCUT2D eigenvalue weighted by Gasteiger charge is -2.20. The van der Waals surface area contributed by atoms with Gasteiger partial charge in [0.1, 0.15) is 6.10 Å². The number of methoxy groups -OCH3 is 4. The third-order valence-corrected chi connectivity index (χ3v) is 8.49. The van der Waals surface area contributed by atoms with E-state index in [0.717, 1.165) is 22.3 Å². The Morgan fingerprint density at radius 2 is 1.22 bits per heavy atom. The fraction of sp³-hybridized carbons (Fsp3) is 0.419. The first-order chi connectivity index (χ1) is 19.9. The number of fused-ring (bicyclic) bond motifs is 2. The van der Waals surface area contributed by atoms with Crippen molar-refractivity contribution in [3.63, 3.8) is 0 Å². The Morgan fingerprint density at radius 3 is 1.78 bits per heavy atom. The number of phenols is 2. The van der Waals surface area contributed by atoms with E-state index in [9.17, 15) is 15.3 Å². The minimum absolute atomic E-state index is 0.0291. The van der Waals surface area contributed by atoms with Crippen LogP contribution >= 0.6 is 0 Å². The molecule has 3 aromatic carbocycles. The molecule has 0 spiro atoms. The van der Waals surface area contributed by atoms with E-state index in [1.54, 1.807) is 37.4 Å². The first kappa shape index (κ1) is 27.3. The molecule has 3 aliphatic heterocycles. The second kappa shape index (κ2) is 10.8. The largest absolute Gasteiger partial charge is 0.504 e. The lowest BCUT2D eigenvalue weighted by Crippen LogP contribution is -2.15. The van der Waals surface area contributed by atoms with Gasteiger partial charge in [-0.2, -0.15) is 0 Å². The van der Waals surface area contributed by atoms with Gasteiger partial charge in [-0.25, -0.2) is 0 Å². The second-order valence-corrected chi connectivity index (χ2v) is 10.5. The van der Waals surface area contributed by atoms with Crippen LogP contribution in [-0.4, -0.2) is 63.6 Å². The Bertz CT molecular complexity index is 1410. The summed E-state index contributed by atoms with van der Waals surface area (Å²) in [6, 6.07) is 12.5. The summed E-state index contributed by atoms with van der Waals surface area (Å²) in [7, 11) is 6.08. The third-order valence-electron chi connectivity index (χ3n) is 8.49. The van der Waals surface area contributed by atoms with E-state index in [1.165, 1.54) is 21.3 Å². The zero-order chi connectivity index (χ0) is 28.8. The summed E-state index contributed by atoms with van der Waals surface area (Å²) in [5.41, 5.74) is 3.36. The summed E-state index contributed by atoms with van der Waals surface area (Å²) >= 11 is 0. The Kier molecular flexibility index (Phi) is 7.23. The zero-order valence-corrected chi connectivity index (χ0v) is 23.3. The summed E-state index contributed by atoms with van der Waals surface area (Å²) in [5, 5.41) is 30.9. The van der Waals surface area contributed by atoms with Crippen LogP contribution in [0.5, 0.6) is 40.2 Å². The second-order valence-electron chi connectivity index (χ2n) is 10.5. The van der Waals surface area contributed by atoms with Crippen LogP contribution in [0, 0.1) is 11.8 Å². The maximum absolute atomic E-state index is 10.5. The summed E-state index contributed by atoms with van der Waals surface area (Å²) in [5.74, 6) is 1.85. The topological polar surface area (TPSA) is 125 Å². The van der Waals surface area contributed by atoms with Crippen molar-refractivity contribution >= 4 is 0 Å². The van der Waals surface area contributed by atoms with Crippen molar-refractivity contribution in [3.05, 3.63) is 64.7 Å². The predicted octanol–water partition coefficient (Wildman–Crippen LogP) is 4.42. The van der Waals surface area contributed by atoms with Crippen LogP contribution in [-0.2, 0) is 9.47 Å². The van der Waals surface area contributed by atoms with Crippen LogP contribution in [0.2, 0.25) is 0 Å². The van der Waals surface area contributed by atoms with E-state index in [1.807, 2.05) is 12.1 Å². The van der Waals surface area contributed by atoms with Crippen LogP contribution in [0.1, 0.15) is 46.5 Å². The number of aliphatic hydroxyl groups excluding tert-OH is 1. The van der Waals surface area contributed by atoms with Gasteiger partial charge >= 0.3 is 0 Å². The molecule has 3 aliphatic rings. The number of ether oxygens (including phenoxy) is 7. The van der Waals surface area contributed by atoms with Gasteiger partial charge in [0.15, 0.2) is 34.5 Å². The number of phenolic OH excluding ortho intramolecular Hbond substituents is 2. The highest BCUT2D eigenvalue weighted by Gasteiger charge is 2.49. The summed E-state index contributed by atoms with van der Waals surface area (Å²) in [6.07, 6.45) is -1.01. The van der Waals surface area contributed by atoms with E-state index in [4.69, 9.17) is 33.2 Å². The molecule has 0 unspecified atom stereocenters. The highest BCUT2D eigenvalue weighted by Crippen LogP contribution is 2.56. The van der Waals surface area contributed by atoms with Gasteiger partial charge in [-0.1, -0.05) is 6.07 Å². The van der Waals surface area contributed by atoms with Crippen LogP contribution < -0.4 is 23.7 Å². The molecule has 0 aromatic heterocycles. The average Bonchev–Trinajstić information content (AvgIpc) is 3.70. The van der Waals surface area contributed by atoms with E-state index >= 15 is 0 Å². The molecule has 10 nitrogen and oxygen atoms in total. The standard InChI is InChI=1S/C31H34O10/c1-35-23-8-15(5-6-22(23)33)30-19(12-32)18-7-16(11-26(38-4)31(18)41-30)28-20-13-40-29(21(20)14-39-28)17-9-24(36-2)27(34)25(10-17)37-3/h5-11,19-21,28-30,32-34H,12-14H2,1-4H3/t19-,20+,21+,28-,29-,30-/m1/s1. The predicted molar refractivity (Wildman–Crippen MR) is 146 cm³/mol. The molecule has 2 saturated heterocycles. The molecule has 10 heteroatoms. The molecule has 0 radical (unpaired) electrons. The first-order valence-electron chi connectivity index (χ1n) is 13.5. The molecule has 2 fully saturated rings. The Balaban J connectivity index is 1.30. The van der Waals surface area contributed by atoms with Crippen LogP contribution in [0.15, 0.2) is 42.5 Å². The molecule has 0 bridgehead atoms. The van der Waals surface area contributed by atoms with Crippen molar-refractivity contribution in [1.29, 1.82) is 0 Å². The summed E-state index contributed by atoms with van der Waals surface area (Å²) in [4.78, 5) is 0. The lowest BCUT2D eigenvalue weighted by molar-refractivity contribution is 0.0190. The fourth-order valence-corrected chi connectivity index (χ4v) is 6.41. The molecule has 3 heterocycles. The number of rotatable bonds is 8. The van der Waals surface area contributed by atoms with Crippen LogP contribution in [0.4, 0.5) is 0 Å². The highest BCUT2D eigenvalue weighted by molar-refractivity contribution is 5.57. The maximum atomic E-state index is 10.5. The summed E-state index contributed by atoms with van der Waals surface area (Å²) < 4.78 is 40.8. The van der Waals surface area contributed by atoms with Gasteiger partial charge in [-0.05, 0) is 53.1 Å². The van der Waals surface area contributed by atoms with Crippen molar-refractivity contribution in [2.24, 2.45) is 11.8 Å². The quantitative estimate of drug-likeness (QED) is 0.361. The van der Waals surface area contributed by atoms with E-state index < -0.39 is 6.10 Å². The number of hydrogen-bond acceptors (Lipinski definition) is 10. The van der Waals surface area contributed by atoms with Gasteiger partial charge in [0.2, 0.25) is 5.75 Å². The molecule has 41 heavy (non-hydrogen) atoms. The molecule has 218 valence electrons. The molecule has 0 amide bonds. The SMILES string of the molecule is COc1cc([C@H]2Oc3c(OC)cc([C@H]4OC[C@H]5[C@@H]4CO[C@@H]5c4cc(OC)c(O)c(OC)c4)cc3[C@H]2CO)ccc1O. The van der Waals surface area contributed by atoms with E-state index in [2.05, 4.69) is 0 Å². The minimum Gasteiger partial charge on any atom is -0.504 e. The number of aromatic hydroxyl groups is 2. The highest BCUT2D eigenvalue weighted by atomic mass is 16.5. The van der Waals surface area contributed by atoms with Gasteiger partial charge in [-0.3, -0.25) is 0 Å². The molecular formula is C31H34O10. The molecule has 0 saturated carbocycles. The van der Waals surface area contributed by atoms with Gasteiger partial charge in [0.05, 0.1) is 66.4 Å². The molecule has 3 N–H and O–H groups in total. The smallest absolute Gasteiger partial charge is 0.200 e. The first-order valence-corrected chi connectivity index (χ1v) is 13.5. The molecule has 6 atom stereocenters. The minimum atomic E-state index is -0.496. The van der Waals surface area contributed by atoms with Crippen molar-refractivity contribution in [2.75, 3.05) is 48.3 Å². The molecule has 0 aliphatic carbocycles. The van der Waals surface area contributed by atoms with Crippen molar-refractivity contribution in [1.82, 2.24) is 0 Å². The molecule has 6 rings (SSSR count). The summed E-state index contributed by atoms with van der Waals surface area (Å²) in [6.45, 7) is 0.822. The van der Waals surface area contributed by atoms with Crippen LogP contribution in [0.25, 0.3) is 0 Å². The Labute approximate surface area is 237 Å². The third kappa shape index (κ3) is 4.46. The van der Waals surface area contributed by atoms with Crippen LogP contribution in [0.3, 0.4) is 0 Å². The number of hydrogen-bond donors (Lipinski definition) is 3. The Morgan fingerprint density at radius 1 is 0.683 bits per heavy atom. The molecular weight excluding hydrogens is 532 g/mol. The van der Waals surface area contributed by atoms with Crippen molar-refractivity contribution in [3.8, 4) is 40.2 Å². The fourth-order valence-electron chi connectivity index (χ4n) is 6.41. The van der Waals surface area contributed by atoms with Crippen molar-refractivity contribution in [2.45, 2.75) is 24.2 Å². The van der Waals surface area contributed by atoms with Gasteiger partial charge in [0, 0.05) is 17.4 Å². The lowest BCUT2D eigenvalue weighted by atomic mass is 9.83. The van der Waals surface area contributed by atoms with Gasteiger partial charge < -0.3 is 48.5 Å². The normalized spacial score (nSPS) is 26.3. The van der Waals surface area contributed by atoms with E-state index in [0.29, 0.717) is 42.0 Å². The van der Waals surface area contributed by atoms with Crippen molar-refractivity contribution < 1.29 is 48.5 Å². The van der Waals surface area contributed by atoms with Gasteiger partial charge in [-0.15, -0.1) is 0 Å². The zero-order valence-electron chi connectivity index (χ0n) is 23.3. The molecule has 3 aromatic rings. The van der Waals surface area contributed by atoms with E-state index in [-0.39, 0.29) is 48.1 Å².